The average molecular weight is 300 g/mol. The van der Waals surface area contributed by atoms with E-state index in [-0.39, 0.29) is 0 Å². The summed E-state index contributed by atoms with van der Waals surface area (Å²) in [4.78, 5) is 2.49. The number of allylic oxidation sites excluding steroid dienone is 2. The topological polar surface area (TPSA) is 3.24 Å². The molecule has 0 spiro atoms. The zero-order valence-corrected chi connectivity index (χ0v) is 8.76. The van der Waals surface area contributed by atoms with Crippen LogP contribution in [0.2, 0.25) is 0 Å². The molecule has 9 heavy (non-hydrogen) atoms. The Morgan fingerprint density at radius 2 is 2.44 bits per heavy atom. The summed E-state index contributed by atoms with van der Waals surface area (Å²) in [5, 5.41) is 0. The molecule has 1 atom stereocenters. The van der Waals surface area contributed by atoms with Gasteiger partial charge < -0.3 is 4.90 Å². The fourth-order valence-electron chi connectivity index (χ4n) is 0.620. The Morgan fingerprint density at radius 1 is 1.78 bits per heavy atom. The predicted molar refractivity (Wildman–Crippen MR) is 51.7 cm³/mol. The Morgan fingerprint density at radius 3 is 2.89 bits per heavy atom. The SMILES string of the molecule is CN1C=CC=C(I)C1Br. The van der Waals surface area contributed by atoms with Crippen LogP contribution in [0, 0.1) is 0 Å². The molecule has 0 N–H and O–H groups in total. The third kappa shape index (κ3) is 1.70. The summed E-state index contributed by atoms with van der Waals surface area (Å²) in [6, 6.07) is 0. The van der Waals surface area contributed by atoms with Gasteiger partial charge in [0, 0.05) is 16.8 Å². The lowest BCUT2D eigenvalue weighted by atomic mass is 10.4. The van der Waals surface area contributed by atoms with Crippen LogP contribution in [0.4, 0.5) is 0 Å². The van der Waals surface area contributed by atoms with Gasteiger partial charge >= 0.3 is 0 Å². The normalized spacial score (nSPS) is 26.3. The van der Waals surface area contributed by atoms with Gasteiger partial charge in [0.2, 0.25) is 0 Å². The summed E-state index contributed by atoms with van der Waals surface area (Å²) < 4.78 is 1.32. The van der Waals surface area contributed by atoms with E-state index in [9.17, 15) is 0 Å². The number of alkyl halides is 1. The molecule has 0 saturated heterocycles. The molecule has 0 aromatic carbocycles. The van der Waals surface area contributed by atoms with Crippen molar-refractivity contribution in [1.82, 2.24) is 4.90 Å². The standard InChI is InChI=1S/C6H7BrIN/c1-9-4-2-3-5(8)6(9)7/h2-4,6H,1H3. The van der Waals surface area contributed by atoms with E-state index in [1.807, 2.05) is 19.3 Å². The smallest absolute Gasteiger partial charge is 0.115 e. The lowest BCUT2D eigenvalue weighted by Gasteiger charge is -2.23. The van der Waals surface area contributed by atoms with Crippen molar-refractivity contribution in [2.24, 2.45) is 0 Å². The van der Waals surface area contributed by atoms with E-state index in [4.69, 9.17) is 0 Å². The Labute approximate surface area is 77.1 Å². The number of halogens is 2. The highest BCUT2D eigenvalue weighted by Crippen LogP contribution is 2.24. The van der Waals surface area contributed by atoms with E-state index in [0.717, 1.165) is 0 Å². The van der Waals surface area contributed by atoms with E-state index in [2.05, 4.69) is 49.5 Å². The van der Waals surface area contributed by atoms with Gasteiger partial charge in [-0.3, -0.25) is 0 Å². The summed E-state index contributed by atoms with van der Waals surface area (Å²) in [6.45, 7) is 0. The van der Waals surface area contributed by atoms with E-state index in [0.29, 0.717) is 4.95 Å². The van der Waals surface area contributed by atoms with Gasteiger partial charge in [-0.1, -0.05) is 15.9 Å². The first-order valence-electron chi connectivity index (χ1n) is 2.61. The Bertz CT molecular complexity index is 164. The molecule has 0 aromatic rings. The van der Waals surface area contributed by atoms with E-state index >= 15 is 0 Å². The molecule has 1 aliphatic rings. The Kier molecular flexibility index (Phi) is 2.58. The molecular weight excluding hydrogens is 293 g/mol. The summed E-state index contributed by atoms with van der Waals surface area (Å²) in [6.07, 6.45) is 6.18. The van der Waals surface area contributed by atoms with E-state index in [1.165, 1.54) is 3.58 Å². The van der Waals surface area contributed by atoms with Gasteiger partial charge in [-0.15, -0.1) is 0 Å². The fraction of sp³-hybridized carbons (Fsp3) is 0.333. The van der Waals surface area contributed by atoms with Crippen LogP contribution in [0.25, 0.3) is 0 Å². The second-order valence-electron chi connectivity index (χ2n) is 1.89. The first-order valence-corrected chi connectivity index (χ1v) is 4.61. The molecule has 0 amide bonds. The lowest BCUT2D eigenvalue weighted by Crippen LogP contribution is -2.22. The summed E-state index contributed by atoms with van der Waals surface area (Å²) >= 11 is 5.84. The van der Waals surface area contributed by atoms with Gasteiger partial charge in [0.25, 0.3) is 0 Å². The van der Waals surface area contributed by atoms with Gasteiger partial charge in [0.1, 0.15) is 4.95 Å². The molecular formula is C6H7BrIN. The number of likely N-dealkylation sites (N-methyl/N-ethyl adjacent to an activating group) is 1. The molecule has 0 radical (unpaired) electrons. The minimum absolute atomic E-state index is 0.378. The van der Waals surface area contributed by atoms with Crippen molar-refractivity contribution in [3.05, 3.63) is 21.9 Å². The fourth-order valence-corrected chi connectivity index (χ4v) is 1.56. The van der Waals surface area contributed by atoms with Crippen molar-refractivity contribution in [1.29, 1.82) is 0 Å². The second-order valence-corrected chi connectivity index (χ2v) is 4.01. The number of nitrogens with zero attached hydrogens (tertiary/aromatic N) is 1. The number of hydrogen-bond acceptors (Lipinski definition) is 1. The van der Waals surface area contributed by atoms with Crippen molar-refractivity contribution in [3.8, 4) is 0 Å². The zero-order valence-electron chi connectivity index (χ0n) is 5.01. The van der Waals surface area contributed by atoms with Gasteiger partial charge in [0.15, 0.2) is 0 Å². The maximum absolute atomic E-state index is 3.52. The largest absolute Gasteiger partial charge is 0.364 e. The third-order valence-corrected chi connectivity index (χ3v) is 4.11. The van der Waals surface area contributed by atoms with Crippen molar-refractivity contribution in [2.75, 3.05) is 7.05 Å². The number of rotatable bonds is 0. The van der Waals surface area contributed by atoms with Crippen LogP contribution in [0.3, 0.4) is 0 Å². The number of hydrogen-bond donors (Lipinski definition) is 0. The quantitative estimate of drug-likeness (QED) is 0.377. The van der Waals surface area contributed by atoms with E-state index in [1.54, 1.807) is 0 Å². The minimum Gasteiger partial charge on any atom is -0.364 e. The molecule has 3 heteroatoms. The van der Waals surface area contributed by atoms with Crippen LogP contribution in [0.15, 0.2) is 21.9 Å². The summed E-state index contributed by atoms with van der Waals surface area (Å²) in [7, 11) is 2.04. The van der Waals surface area contributed by atoms with Gasteiger partial charge in [-0.05, 0) is 34.7 Å². The van der Waals surface area contributed by atoms with Crippen LogP contribution in [-0.2, 0) is 0 Å². The Balaban J connectivity index is 2.73. The zero-order chi connectivity index (χ0) is 6.85. The minimum atomic E-state index is 0.378. The van der Waals surface area contributed by atoms with Gasteiger partial charge in [-0.25, -0.2) is 0 Å². The molecule has 50 valence electrons. The predicted octanol–water partition coefficient (Wildman–Crippen LogP) is 2.49. The Hall–Kier alpha value is 0.490. The first-order chi connectivity index (χ1) is 4.22. The molecule has 0 aliphatic carbocycles. The first kappa shape index (κ1) is 7.60. The van der Waals surface area contributed by atoms with Crippen LogP contribution < -0.4 is 0 Å². The summed E-state index contributed by atoms with van der Waals surface area (Å²) in [5.41, 5.74) is 0. The molecule has 0 saturated carbocycles. The molecule has 1 aliphatic heterocycles. The van der Waals surface area contributed by atoms with Crippen LogP contribution in [0.5, 0.6) is 0 Å². The second kappa shape index (κ2) is 3.05. The molecule has 1 heterocycles. The third-order valence-electron chi connectivity index (χ3n) is 1.16. The van der Waals surface area contributed by atoms with Gasteiger partial charge in [0.05, 0.1) is 0 Å². The molecule has 1 nitrogen and oxygen atoms in total. The monoisotopic (exact) mass is 299 g/mol. The molecule has 1 rings (SSSR count). The lowest BCUT2D eigenvalue weighted by molar-refractivity contribution is 0.478. The van der Waals surface area contributed by atoms with Gasteiger partial charge in [-0.2, -0.15) is 0 Å². The average Bonchev–Trinajstić information content (AvgIpc) is 1.83. The highest BCUT2D eigenvalue weighted by Gasteiger charge is 2.11. The van der Waals surface area contributed by atoms with Crippen molar-refractivity contribution in [2.45, 2.75) is 4.95 Å². The molecule has 0 aromatic heterocycles. The highest BCUT2D eigenvalue weighted by atomic mass is 127. The van der Waals surface area contributed by atoms with Crippen molar-refractivity contribution in [3.63, 3.8) is 0 Å². The van der Waals surface area contributed by atoms with E-state index < -0.39 is 0 Å². The van der Waals surface area contributed by atoms with Crippen molar-refractivity contribution < 1.29 is 0 Å². The molecule has 1 unspecified atom stereocenters. The maximum Gasteiger partial charge on any atom is 0.115 e. The molecule has 0 fully saturated rings. The molecule has 0 bridgehead atoms. The van der Waals surface area contributed by atoms with Crippen LogP contribution in [0.1, 0.15) is 0 Å². The maximum atomic E-state index is 3.52. The van der Waals surface area contributed by atoms with Crippen LogP contribution >= 0.6 is 38.5 Å². The van der Waals surface area contributed by atoms with Crippen LogP contribution in [-0.4, -0.2) is 16.9 Å². The highest BCUT2D eigenvalue weighted by molar-refractivity contribution is 14.1. The van der Waals surface area contributed by atoms with Crippen molar-refractivity contribution >= 4 is 38.5 Å². The summed E-state index contributed by atoms with van der Waals surface area (Å²) in [5.74, 6) is 0.